The number of nitrogens with one attached hydrogen (secondary N) is 3. The van der Waals surface area contributed by atoms with Crippen molar-refractivity contribution >= 4 is 33.2 Å². The van der Waals surface area contributed by atoms with Gasteiger partial charge in [0.2, 0.25) is 21.7 Å². The van der Waals surface area contributed by atoms with Crippen LogP contribution in [0.3, 0.4) is 0 Å². The maximum atomic E-state index is 13.8. The largest absolute Gasteiger partial charge is 0.417 e. The summed E-state index contributed by atoms with van der Waals surface area (Å²) in [6.45, 7) is 1.41. The van der Waals surface area contributed by atoms with Gasteiger partial charge in [0.15, 0.2) is 0 Å². The molecule has 2 amide bonds. The molecule has 0 saturated heterocycles. The summed E-state index contributed by atoms with van der Waals surface area (Å²) >= 11 is 0. The zero-order chi connectivity index (χ0) is 27.4. The van der Waals surface area contributed by atoms with E-state index in [1.807, 2.05) is 0 Å². The van der Waals surface area contributed by atoms with Crippen LogP contribution >= 0.6 is 0 Å². The van der Waals surface area contributed by atoms with Gasteiger partial charge in [-0.05, 0) is 61.0 Å². The number of amidine groups is 1. The van der Waals surface area contributed by atoms with Crippen molar-refractivity contribution in [2.24, 2.45) is 5.73 Å². The molecular weight excluding hydrogens is 511 g/mol. The molecule has 0 bridgehead atoms. The Labute approximate surface area is 210 Å². The Morgan fingerprint density at radius 1 is 1.03 bits per heavy atom. The van der Waals surface area contributed by atoms with Gasteiger partial charge in [0.25, 0.3) is 0 Å². The predicted octanol–water partition coefficient (Wildman–Crippen LogP) is 3.42. The van der Waals surface area contributed by atoms with Crippen LogP contribution < -0.4 is 16.4 Å². The summed E-state index contributed by atoms with van der Waals surface area (Å²) in [5, 5.41) is 12.3. The van der Waals surface area contributed by atoms with E-state index in [9.17, 15) is 31.2 Å². The number of hydrogen-bond acceptors (Lipinski definition) is 6. The van der Waals surface area contributed by atoms with Crippen LogP contribution in [0.5, 0.6) is 0 Å². The van der Waals surface area contributed by atoms with Gasteiger partial charge in [-0.15, -0.1) is 0 Å². The predicted molar refractivity (Wildman–Crippen MR) is 128 cm³/mol. The number of alkyl halides is 3. The zero-order valence-electron chi connectivity index (χ0n) is 19.3. The second kappa shape index (κ2) is 10.8. The highest BCUT2D eigenvalue weighted by Gasteiger charge is 2.38. The number of sulfone groups is 1. The highest BCUT2D eigenvalue weighted by Crippen LogP contribution is 2.37. The lowest BCUT2D eigenvalue weighted by molar-refractivity contribution is -0.140. The summed E-state index contributed by atoms with van der Waals surface area (Å²) in [4.78, 5) is 26.9. The molecule has 0 spiro atoms. The van der Waals surface area contributed by atoms with Gasteiger partial charge >= 0.3 is 6.18 Å². The molecule has 0 aliphatic heterocycles. The summed E-state index contributed by atoms with van der Waals surface area (Å²) in [5.74, 6) is -1.58. The van der Waals surface area contributed by atoms with Crippen molar-refractivity contribution in [2.45, 2.75) is 35.4 Å². The fourth-order valence-corrected chi connectivity index (χ4v) is 4.82. The number of aromatic nitrogens is 1. The molecule has 1 aromatic heterocycles. The smallest absolute Gasteiger partial charge is 0.384 e. The Morgan fingerprint density at radius 3 is 2.22 bits per heavy atom. The standard InChI is InChI=1S/C24H22F3N5O4S/c1-14(31-21(33)13-22(34)32-17-5-2-15(3-6-17)23(28)29)16-4-7-20(19(12-16)24(25,26)27)37(35,36)18-8-10-30-11-9-18/h2-12,14H,13H2,1H3,(H3,28,29)(H,31,33)(H,32,34)/t14-/m0/s1. The molecule has 9 nitrogen and oxygen atoms in total. The Balaban J connectivity index is 1.74. The van der Waals surface area contributed by atoms with Crippen LogP contribution in [0.4, 0.5) is 18.9 Å². The zero-order valence-corrected chi connectivity index (χ0v) is 20.2. The van der Waals surface area contributed by atoms with Crippen molar-refractivity contribution in [3.8, 4) is 0 Å². The van der Waals surface area contributed by atoms with Crippen molar-refractivity contribution in [1.29, 1.82) is 5.41 Å². The fourth-order valence-electron chi connectivity index (χ4n) is 3.38. The number of pyridine rings is 1. The van der Waals surface area contributed by atoms with E-state index < -0.39 is 50.7 Å². The monoisotopic (exact) mass is 533 g/mol. The van der Waals surface area contributed by atoms with Gasteiger partial charge in [-0.2, -0.15) is 13.2 Å². The van der Waals surface area contributed by atoms with Gasteiger partial charge in [-0.25, -0.2) is 8.42 Å². The quantitative estimate of drug-likeness (QED) is 0.198. The summed E-state index contributed by atoms with van der Waals surface area (Å²) < 4.78 is 67.1. The number of carbonyl (C=O) groups is 2. The molecule has 0 fully saturated rings. The van der Waals surface area contributed by atoms with Crippen molar-refractivity contribution < 1.29 is 31.2 Å². The Kier molecular flexibility index (Phi) is 7.96. The van der Waals surface area contributed by atoms with Gasteiger partial charge in [-0.1, -0.05) is 6.07 Å². The van der Waals surface area contributed by atoms with E-state index in [2.05, 4.69) is 15.6 Å². The number of hydrogen-bond donors (Lipinski definition) is 4. The first kappa shape index (κ1) is 27.3. The highest BCUT2D eigenvalue weighted by atomic mass is 32.2. The number of nitrogens with zero attached hydrogens (tertiary/aromatic N) is 1. The number of nitrogens with two attached hydrogens (primary N) is 1. The van der Waals surface area contributed by atoms with Crippen LogP contribution in [-0.4, -0.2) is 31.1 Å². The third-order valence-corrected chi connectivity index (χ3v) is 7.06. The van der Waals surface area contributed by atoms with E-state index in [0.717, 1.165) is 30.6 Å². The maximum Gasteiger partial charge on any atom is 0.417 e. The topological polar surface area (TPSA) is 155 Å². The van der Waals surface area contributed by atoms with E-state index in [4.69, 9.17) is 11.1 Å². The summed E-state index contributed by atoms with van der Waals surface area (Å²) in [6, 6.07) is 9.91. The lowest BCUT2D eigenvalue weighted by atomic mass is 10.0. The summed E-state index contributed by atoms with van der Waals surface area (Å²) in [5.41, 5.74) is 4.78. The molecule has 3 rings (SSSR count). The van der Waals surface area contributed by atoms with Gasteiger partial charge in [0, 0.05) is 23.6 Å². The van der Waals surface area contributed by atoms with Crippen LogP contribution in [0.25, 0.3) is 0 Å². The van der Waals surface area contributed by atoms with Gasteiger partial charge < -0.3 is 16.4 Å². The lowest BCUT2D eigenvalue weighted by Crippen LogP contribution is -2.30. The minimum Gasteiger partial charge on any atom is -0.384 e. The normalized spacial score (nSPS) is 12.4. The third-order valence-electron chi connectivity index (χ3n) is 5.24. The SMILES string of the molecule is C[C@H](NC(=O)CC(=O)Nc1ccc(C(=N)N)cc1)c1ccc(S(=O)(=O)c2ccncc2)c(C(F)(F)F)c1. The van der Waals surface area contributed by atoms with E-state index in [1.165, 1.54) is 37.3 Å². The molecule has 0 radical (unpaired) electrons. The van der Waals surface area contributed by atoms with Crippen LogP contribution in [0.1, 0.15) is 36.1 Å². The number of benzene rings is 2. The van der Waals surface area contributed by atoms with Gasteiger partial charge in [-0.3, -0.25) is 20.0 Å². The van der Waals surface area contributed by atoms with Gasteiger partial charge in [0.1, 0.15) is 12.3 Å². The first-order chi connectivity index (χ1) is 17.3. The molecule has 2 aromatic carbocycles. The molecule has 0 saturated carbocycles. The first-order valence-corrected chi connectivity index (χ1v) is 12.2. The molecule has 37 heavy (non-hydrogen) atoms. The van der Waals surface area contributed by atoms with Crippen molar-refractivity contribution in [2.75, 3.05) is 5.32 Å². The van der Waals surface area contributed by atoms with Gasteiger partial charge in [0.05, 0.1) is 21.4 Å². The molecular formula is C24H22F3N5O4S. The minimum atomic E-state index is -4.99. The minimum absolute atomic E-state index is 0.00502. The van der Waals surface area contributed by atoms with Crippen molar-refractivity contribution in [1.82, 2.24) is 10.3 Å². The Hall–Kier alpha value is -4.26. The Bertz CT molecular complexity index is 1430. The molecule has 13 heteroatoms. The van der Waals surface area contributed by atoms with Crippen molar-refractivity contribution in [3.63, 3.8) is 0 Å². The van der Waals surface area contributed by atoms with Crippen LogP contribution in [0, 0.1) is 5.41 Å². The molecule has 0 unspecified atom stereocenters. The maximum absolute atomic E-state index is 13.8. The number of rotatable bonds is 8. The number of nitrogen functional groups attached to an aromatic ring is 1. The average molecular weight is 534 g/mol. The van der Waals surface area contributed by atoms with E-state index in [-0.39, 0.29) is 16.3 Å². The molecule has 0 aliphatic rings. The number of halogens is 3. The van der Waals surface area contributed by atoms with Crippen molar-refractivity contribution in [3.05, 3.63) is 83.7 Å². The Morgan fingerprint density at radius 2 is 1.65 bits per heavy atom. The van der Waals surface area contributed by atoms with Crippen LogP contribution in [0.15, 0.2) is 76.8 Å². The molecule has 1 heterocycles. The molecule has 1 atom stereocenters. The second-order valence-electron chi connectivity index (χ2n) is 7.94. The summed E-state index contributed by atoms with van der Waals surface area (Å²) in [6.07, 6.45) is -3.29. The molecule has 0 aliphatic carbocycles. The highest BCUT2D eigenvalue weighted by molar-refractivity contribution is 7.91. The third kappa shape index (κ3) is 6.70. The summed E-state index contributed by atoms with van der Waals surface area (Å²) in [7, 11) is -4.49. The average Bonchev–Trinajstić information content (AvgIpc) is 2.83. The first-order valence-electron chi connectivity index (χ1n) is 10.7. The van der Waals surface area contributed by atoms with E-state index in [1.54, 1.807) is 0 Å². The van der Waals surface area contributed by atoms with Crippen LogP contribution in [0.2, 0.25) is 0 Å². The fraction of sp³-hybridized carbons (Fsp3) is 0.167. The van der Waals surface area contributed by atoms with E-state index in [0.29, 0.717) is 17.3 Å². The lowest BCUT2D eigenvalue weighted by Gasteiger charge is -2.19. The number of amides is 2. The molecule has 194 valence electrons. The van der Waals surface area contributed by atoms with E-state index >= 15 is 0 Å². The second-order valence-corrected chi connectivity index (χ2v) is 9.86. The number of anilines is 1. The molecule has 3 aromatic rings. The van der Waals surface area contributed by atoms with Crippen LogP contribution in [-0.2, 0) is 25.6 Å². The number of carbonyl (C=O) groups excluding carboxylic acids is 2. The molecule has 5 N–H and O–H groups in total.